The van der Waals surface area contributed by atoms with Crippen molar-refractivity contribution in [2.75, 3.05) is 31.1 Å². The van der Waals surface area contributed by atoms with Crippen molar-refractivity contribution in [3.8, 4) is 0 Å². The number of hydrogen-bond donors (Lipinski definition) is 4. The summed E-state index contributed by atoms with van der Waals surface area (Å²) in [5, 5.41) is 10.5. The highest BCUT2D eigenvalue weighted by molar-refractivity contribution is 14.1. The summed E-state index contributed by atoms with van der Waals surface area (Å²) in [4.78, 5) is 42.9. The van der Waals surface area contributed by atoms with Gasteiger partial charge in [-0.05, 0) is 41.9 Å². The second-order valence-corrected chi connectivity index (χ2v) is 8.82. The molecule has 0 bridgehead atoms. The second-order valence-electron chi connectivity index (χ2n) is 7.80. The lowest BCUT2D eigenvalue weighted by Gasteiger charge is -2.38. The van der Waals surface area contributed by atoms with Crippen molar-refractivity contribution in [3.05, 3.63) is 22.0 Å². The van der Waals surface area contributed by atoms with Gasteiger partial charge in [-0.25, -0.2) is 15.0 Å². The quantitative estimate of drug-likeness (QED) is 0.348. The Morgan fingerprint density at radius 1 is 1.22 bits per heavy atom. The van der Waals surface area contributed by atoms with Crippen molar-refractivity contribution in [3.63, 3.8) is 0 Å². The van der Waals surface area contributed by atoms with Crippen LogP contribution in [0.4, 0.5) is 11.6 Å². The van der Waals surface area contributed by atoms with Gasteiger partial charge in [0.2, 0.25) is 5.91 Å². The van der Waals surface area contributed by atoms with Gasteiger partial charge in [-0.1, -0.05) is 0 Å². The average molecular weight is 553 g/mol. The summed E-state index contributed by atoms with van der Waals surface area (Å²) in [6, 6.07) is 0. The summed E-state index contributed by atoms with van der Waals surface area (Å²) >= 11 is 1.89. The molecule has 0 aliphatic carbocycles. The Labute approximate surface area is 197 Å². The topological polar surface area (TPSA) is 182 Å². The van der Waals surface area contributed by atoms with Crippen LogP contribution < -0.4 is 22.1 Å². The number of guanidine groups is 1. The first-order valence-electron chi connectivity index (χ1n) is 10.2. The van der Waals surface area contributed by atoms with Crippen LogP contribution in [0.25, 0.3) is 0 Å². The van der Waals surface area contributed by atoms with Crippen LogP contribution >= 0.6 is 22.6 Å². The maximum atomic E-state index is 12.5. The van der Waals surface area contributed by atoms with Crippen LogP contribution in [0.2, 0.25) is 0 Å². The molecule has 0 saturated carbocycles. The SMILES string of the molecule is Nc1nc(N)c(C(=O)/N=C2\NCC3(CCN(C(=O)CCCn4cncn4)CC3)N2)nc1I. The van der Waals surface area contributed by atoms with Crippen LogP contribution in [0.3, 0.4) is 0 Å². The Balaban J connectivity index is 1.29. The number of nitrogens with zero attached hydrogens (tertiary/aromatic N) is 7. The lowest BCUT2D eigenvalue weighted by molar-refractivity contribution is -0.132. The van der Waals surface area contributed by atoms with Crippen LogP contribution in [0, 0.1) is 3.70 Å². The van der Waals surface area contributed by atoms with Crippen LogP contribution in [0.5, 0.6) is 0 Å². The van der Waals surface area contributed by atoms with E-state index >= 15 is 0 Å². The molecule has 14 heteroatoms. The Morgan fingerprint density at radius 2 is 2.00 bits per heavy atom. The van der Waals surface area contributed by atoms with Crippen molar-refractivity contribution in [1.29, 1.82) is 0 Å². The van der Waals surface area contributed by atoms with E-state index in [0.717, 1.165) is 19.3 Å². The molecule has 2 aromatic rings. The van der Waals surface area contributed by atoms with Crippen LogP contribution in [-0.2, 0) is 11.3 Å². The third-order valence-electron chi connectivity index (χ3n) is 5.62. The van der Waals surface area contributed by atoms with Gasteiger partial charge in [0.15, 0.2) is 23.3 Å². The Morgan fingerprint density at radius 3 is 2.72 bits per heavy atom. The summed E-state index contributed by atoms with van der Waals surface area (Å²) in [6.07, 6.45) is 5.83. The molecule has 2 amide bonds. The zero-order valence-corrected chi connectivity index (χ0v) is 19.4. The number of aryl methyl sites for hydroxylation is 1. The molecule has 2 aromatic heterocycles. The van der Waals surface area contributed by atoms with E-state index in [4.69, 9.17) is 11.5 Å². The predicted octanol–water partition coefficient (Wildman–Crippen LogP) is -0.632. The standard InChI is InChI=1S/C18H24IN11O2/c19-13-15(21)26-14(20)12(25-13)16(32)27-17-23-8-18(28-17)3-6-29(7-4-18)11(31)2-1-5-30-10-22-9-24-30/h9-10H,1-8H2,(H4,20,21,26)(H2,23,27,28,32). The van der Waals surface area contributed by atoms with E-state index in [1.807, 2.05) is 27.5 Å². The number of likely N-dealkylation sites (tertiary alicyclic amines) is 1. The number of carbonyl (C=O) groups excluding carboxylic acids is 2. The molecule has 1 spiro atoms. The van der Waals surface area contributed by atoms with Gasteiger partial charge in [0.25, 0.3) is 0 Å². The van der Waals surface area contributed by atoms with Crippen molar-refractivity contribution in [2.45, 2.75) is 37.8 Å². The molecule has 0 atom stereocenters. The summed E-state index contributed by atoms with van der Waals surface area (Å²) in [7, 11) is 0. The highest BCUT2D eigenvalue weighted by atomic mass is 127. The molecule has 2 fully saturated rings. The fourth-order valence-electron chi connectivity index (χ4n) is 3.80. The highest BCUT2D eigenvalue weighted by Gasteiger charge is 2.40. The van der Waals surface area contributed by atoms with Gasteiger partial charge in [0, 0.05) is 32.6 Å². The van der Waals surface area contributed by atoms with Gasteiger partial charge in [-0.2, -0.15) is 10.1 Å². The molecule has 6 N–H and O–H groups in total. The fraction of sp³-hybridized carbons (Fsp3) is 0.500. The molecule has 0 unspecified atom stereocenters. The Hall–Kier alpha value is -3.04. The molecule has 2 saturated heterocycles. The minimum absolute atomic E-state index is 0.0352. The number of nitrogen functional groups attached to an aromatic ring is 2. The zero-order valence-electron chi connectivity index (χ0n) is 17.3. The van der Waals surface area contributed by atoms with Crippen molar-refractivity contribution in [2.24, 2.45) is 4.99 Å². The number of carbonyl (C=O) groups is 2. The number of aliphatic imine (C=N–C) groups is 1. The number of halogens is 1. The largest absolute Gasteiger partial charge is 0.382 e. The van der Waals surface area contributed by atoms with Gasteiger partial charge < -0.3 is 27.0 Å². The van der Waals surface area contributed by atoms with Gasteiger partial charge in [0.1, 0.15) is 16.4 Å². The lowest BCUT2D eigenvalue weighted by Crippen LogP contribution is -2.53. The highest BCUT2D eigenvalue weighted by Crippen LogP contribution is 2.25. The summed E-state index contributed by atoms with van der Waals surface area (Å²) in [5.74, 6) is 0.0290. The Bertz CT molecular complexity index is 1030. The van der Waals surface area contributed by atoms with Crippen molar-refractivity contribution < 1.29 is 9.59 Å². The third kappa shape index (κ3) is 4.89. The van der Waals surface area contributed by atoms with Crippen molar-refractivity contribution in [1.82, 2.24) is 40.3 Å². The first kappa shape index (κ1) is 22.2. The van der Waals surface area contributed by atoms with Crippen molar-refractivity contribution >= 4 is 52.0 Å². The first-order valence-corrected chi connectivity index (χ1v) is 11.3. The monoisotopic (exact) mass is 553 g/mol. The first-order chi connectivity index (χ1) is 15.3. The van der Waals surface area contributed by atoms with E-state index in [2.05, 4.69) is 35.7 Å². The molecular weight excluding hydrogens is 529 g/mol. The third-order valence-corrected chi connectivity index (χ3v) is 6.41. The van der Waals surface area contributed by atoms with Gasteiger partial charge in [0.05, 0.1) is 5.54 Å². The van der Waals surface area contributed by atoms with Gasteiger partial charge in [-0.15, -0.1) is 0 Å². The smallest absolute Gasteiger partial charge is 0.302 e. The molecule has 0 radical (unpaired) electrons. The average Bonchev–Trinajstić information content (AvgIpc) is 3.41. The number of nitrogens with one attached hydrogen (secondary N) is 2. The lowest BCUT2D eigenvalue weighted by atomic mass is 9.88. The van der Waals surface area contributed by atoms with Gasteiger partial charge in [-0.3, -0.25) is 14.3 Å². The molecule has 2 aliphatic rings. The van der Waals surface area contributed by atoms with E-state index in [-0.39, 0.29) is 28.8 Å². The molecule has 32 heavy (non-hydrogen) atoms. The number of nitrogens with two attached hydrogens (primary N) is 2. The predicted molar refractivity (Wildman–Crippen MR) is 124 cm³/mol. The number of piperidine rings is 1. The number of anilines is 2. The molecule has 0 aromatic carbocycles. The maximum Gasteiger partial charge on any atom is 0.302 e. The minimum Gasteiger partial charge on any atom is -0.382 e. The molecule has 2 aliphatic heterocycles. The molecule has 4 rings (SSSR count). The van der Waals surface area contributed by atoms with Crippen LogP contribution in [-0.4, -0.2) is 72.6 Å². The number of aromatic nitrogens is 5. The van der Waals surface area contributed by atoms with E-state index < -0.39 is 5.91 Å². The normalized spacial score (nSPS) is 18.5. The van der Waals surface area contributed by atoms with E-state index in [1.54, 1.807) is 11.0 Å². The van der Waals surface area contributed by atoms with E-state index in [9.17, 15) is 9.59 Å². The summed E-state index contributed by atoms with van der Waals surface area (Å²) in [5.41, 5.74) is 11.2. The number of amides is 2. The zero-order chi connectivity index (χ0) is 22.7. The molecule has 13 nitrogen and oxygen atoms in total. The van der Waals surface area contributed by atoms with E-state index in [1.165, 1.54) is 6.33 Å². The molecular formula is C18H24IN11O2. The minimum atomic E-state index is -0.597. The summed E-state index contributed by atoms with van der Waals surface area (Å²) in [6.45, 7) is 2.58. The van der Waals surface area contributed by atoms with Crippen LogP contribution in [0.1, 0.15) is 36.2 Å². The van der Waals surface area contributed by atoms with E-state index in [0.29, 0.717) is 42.3 Å². The van der Waals surface area contributed by atoms with Gasteiger partial charge >= 0.3 is 5.91 Å². The molecule has 170 valence electrons. The number of rotatable bonds is 5. The number of hydrogen-bond acceptors (Lipinski definition) is 8. The maximum absolute atomic E-state index is 12.5. The fourth-order valence-corrected chi connectivity index (χ4v) is 4.16. The Kier molecular flexibility index (Phi) is 6.38. The molecule has 4 heterocycles. The van der Waals surface area contributed by atoms with Crippen LogP contribution in [0.15, 0.2) is 17.6 Å². The second kappa shape index (κ2) is 9.22. The summed E-state index contributed by atoms with van der Waals surface area (Å²) < 4.78 is 2.11.